The Morgan fingerprint density at radius 3 is 3.00 bits per heavy atom. The molecule has 0 saturated heterocycles. The van der Waals surface area contributed by atoms with Crippen molar-refractivity contribution in [2.75, 3.05) is 0 Å². The summed E-state index contributed by atoms with van der Waals surface area (Å²) in [5, 5.41) is 17.3. The van der Waals surface area contributed by atoms with Crippen molar-refractivity contribution < 1.29 is 5.11 Å². The second kappa shape index (κ2) is 3.88. The molecular weight excluding hydrogens is 266 g/mol. The Morgan fingerprint density at radius 1 is 1.44 bits per heavy atom. The van der Waals surface area contributed by atoms with Crippen molar-refractivity contribution in [1.29, 1.82) is 0 Å². The highest BCUT2D eigenvalue weighted by Gasteiger charge is 2.29. The van der Waals surface area contributed by atoms with Crippen LogP contribution in [0.25, 0.3) is 15.5 Å². The molecule has 1 aliphatic rings. The Labute approximate surface area is 112 Å². The maximum Gasteiger partial charge on any atom is 0.213 e. The van der Waals surface area contributed by atoms with Gasteiger partial charge in [-0.2, -0.15) is 5.10 Å². The van der Waals surface area contributed by atoms with Gasteiger partial charge in [-0.1, -0.05) is 17.4 Å². The molecule has 6 heteroatoms. The maximum atomic E-state index is 9.58. The number of rotatable bonds is 3. The van der Waals surface area contributed by atoms with Crippen LogP contribution in [0.15, 0.2) is 17.5 Å². The van der Waals surface area contributed by atoms with Gasteiger partial charge in [-0.05, 0) is 24.3 Å². The van der Waals surface area contributed by atoms with Crippen LogP contribution in [0.4, 0.5) is 0 Å². The quantitative estimate of drug-likeness (QED) is 0.801. The molecule has 92 valence electrons. The first-order chi connectivity index (χ1) is 8.86. The van der Waals surface area contributed by atoms with Crippen LogP contribution < -0.4 is 0 Å². The minimum absolute atomic E-state index is 0.0256. The fraction of sp³-hybridized carbons (Fsp3) is 0.333. The van der Waals surface area contributed by atoms with Gasteiger partial charge in [0.05, 0.1) is 17.2 Å². The van der Waals surface area contributed by atoms with Gasteiger partial charge in [-0.3, -0.25) is 0 Å². The Balaban J connectivity index is 1.91. The summed E-state index contributed by atoms with van der Waals surface area (Å²) in [5.41, 5.74) is 1.67. The van der Waals surface area contributed by atoms with E-state index in [0.717, 1.165) is 26.2 Å². The number of hydrogen-bond acceptors (Lipinski definition) is 5. The minimum atomic E-state index is -0.0256. The van der Waals surface area contributed by atoms with Crippen LogP contribution in [-0.4, -0.2) is 19.7 Å². The van der Waals surface area contributed by atoms with E-state index in [4.69, 9.17) is 0 Å². The van der Waals surface area contributed by atoms with Gasteiger partial charge >= 0.3 is 0 Å². The van der Waals surface area contributed by atoms with Crippen molar-refractivity contribution in [3.63, 3.8) is 0 Å². The molecule has 0 aliphatic heterocycles. The number of aliphatic hydroxyl groups excluding tert-OH is 1. The van der Waals surface area contributed by atoms with E-state index in [1.54, 1.807) is 22.7 Å². The van der Waals surface area contributed by atoms with Crippen LogP contribution in [0.1, 0.15) is 29.5 Å². The van der Waals surface area contributed by atoms with Gasteiger partial charge in [0, 0.05) is 5.92 Å². The first-order valence-electron chi connectivity index (χ1n) is 5.90. The van der Waals surface area contributed by atoms with E-state index in [1.807, 2.05) is 22.0 Å². The lowest BCUT2D eigenvalue weighted by atomic mass is 10.3. The van der Waals surface area contributed by atoms with Crippen LogP contribution in [0.3, 0.4) is 0 Å². The summed E-state index contributed by atoms with van der Waals surface area (Å²) in [6.07, 6.45) is 2.48. The molecule has 0 spiro atoms. The molecule has 0 radical (unpaired) electrons. The van der Waals surface area contributed by atoms with E-state index in [-0.39, 0.29) is 6.61 Å². The zero-order valence-electron chi connectivity index (χ0n) is 9.54. The fourth-order valence-corrected chi connectivity index (χ4v) is 3.88. The Morgan fingerprint density at radius 2 is 2.33 bits per heavy atom. The minimum Gasteiger partial charge on any atom is -0.390 e. The number of thiophene rings is 1. The van der Waals surface area contributed by atoms with Crippen molar-refractivity contribution >= 4 is 27.6 Å². The number of hydrogen-bond donors (Lipinski definition) is 1. The Hall–Kier alpha value is -1.24. The van der Waals surface area contributed by atoms with Gasteiger partial charge in [0.25, 0.3) is 0 Å². The third-order valence-electron chi connectivity index (χ3n) is 3.14. The predicted octanol–water partition coefficient (Wildman–Crippen LogP) is 2.89. The zero-order valence-corrected chi connectivity index (χ0v) is 11.2. The van der Waals surface area contributed by atoms with Crippen molar-refractivity contribution in [3.05, 3.63) is 28.2 Å². The SMILES string of the molecule is OCc1c(-c2cccs2)nc2sc(C3CC3)nn12. The number of aliphatic hydroxyl groups is 1. The lowest BCUT2D eigenvalue weighted by molar-refractivity contribution is 0.275. The van der Waals surface area contributed by atoms with Gasteiger partial charge in [0.2, 0.25) is 4.96 Å². The average Bonchev–Trinajstić information content (AvgIpc) is 2.83. The normalized spacial score (nSPS) is 15.6. The Bertz CT molecular complexity index is 694. The van der Waals surface area contributed by atoms with Gasteiger partial charge in [0.1, 0.15) is 10.7 Å². The van der Waals surface area contributed by atoms with Crippen LogP contribution in [0.2, 0.25) is 0 Å². The van der Waals surface area contributed by atoms with Gasteiger partial charge < -0.3 is 5.11 Å². The summed E-state index contributed by atoms with van der Waals surface area (Å²) < 4.78 is 1.81. The summed E-state index contributed by atoms with van der Waals surface area (Å²) in [6.45, 7) is -0.0256. The van der Waals surface area contributed by atoms with Gasteiger partial charge in [-0.25, -0.2) is 9.50 Å². The van der Waals surface area contributed by atoms with E-state index in [1.165, 1.54) is 12.8 Å². The van der Waals surface area contributed by atoms with Crippen LogP contribution >= 0.6 is 22.7 Å². The summed E-state index contributed by atoms with van der Waals surface area (Å²) in [6, 6.07) is 4.02. The van der Waals surface area contributed by atoms with Gasteiger partial charge in [-0.15, -0.1) is 11.3 Å². The monoisotopic (exact) mass is 277 g/mol. The molecule has 1 saturated carbocycles. The number of nitrogens with zero attached hydrogens (tertiary/aromatic N) is 3. The highest BCUT2D eigenvalue weighted by atomic mass is 32.1. The van der Waals surface area contributed by atoms with Crippen molar-refractivity contribution in [1.82, 2.24) is 14.6 Å². The van der Waals surface area contributed by atoms with E-state index in [9.17, 15) is 5.11 Å². The molecule has 3 aromatic rings. The van der Waals surface area contributed by atoms with Crippen molar-refractivity contribution in [2.24, 2.45) is 0 Å². The van der Waals surface area contributed by atoms with Gasteiger partial charge in [0.15, 0.2) is 0 Å². The molecule has 4 nitrogen and oxygen atoms in total. The molecule has 18 heavy (non-hydrogen) atoms. The molecule has 0 bridgehead atoms. The number of fused-ring (bicyclic) bond motifs is 1. The lowest BCUT2D eigenvalue weighted by Crippen LogP contribution is -1.95. The standard InChI is InChI=1S/C12H11N3OS2/c16-6-8-10(9-2-1-5-17-9)13-12-15(8)14-11(18-12)7-3-4-7/h1-2,5,7,16H,3-4,6H2. The van der Waals surface area contributed by atoms with E-state index >= 15 is 0 Å². The number of aromatic nitrogens is 3. The summed E-state index contributed by atoms with van der Waals surface area (Å²) in [5.74, 6) is 0.633. The molecular formula is C12H11N3OS2. The average molecular weight is 277 g/mol. The van der Waals surface area contributed by atoms with E-state index in [2.05, 4.69) is 10.1 Å². The largest absolute Gasteiger partial charge is 0.390 e. The molecule has 4 rings (SSSR count). The number of imidazole rings is 1. The fourth-order valence-electron chi connectivity index (χ4n) is 2.05. The molecule has 0 amide bonds. The van der Waals surface area contributed by atoms with E-state index < -0.39 is 0 Å². The molecule has 3 heterocycles. The molecule has 1 aliphatic carbocycles. The smallest absolute Gasteiger partial charge is 0.213 e. The Kier molecular flexibility index (Phi) is 2.30. The summed E-state index contributed by atoms with van der Waals surface area (Å²) in [4.78, 5) is 6.61. The highest BCUT2D eigenvalue weighted by Crippen LogP contribution is 2.42. The molecule has 0 aromatic carbocycles. The van der Waals surface area contributed by atoms with E-state index in [0.29, 0.717) is 5.92 Å². The molecule has 1 fully saturated rings. The topological polar surface area (TPSA) is 50.4 Å². The summed E-state index contributed by atoms with van der Waals surface area (Å²) in [7, 11) is 0. The summed E-state index contributed by atoms with van der Waals surface area (Å²) >= 11 is 3.29. The second-order valence-electron chi connectivity index (χ2n) is 4.45. The maximum absolute atomic E-state index is 9.58. The molecule has 0 unspecified atom stereocenters. The molecule has 0 atom stereocenters. The third kappa shape index (κ3) is 1.53. The van der Waals surface area contributed by atoms with Crippen LogP contribution in [0, 0.1) is 0 Å². The first-order valence-corrected chi connectivity index (χ1v) is 7.59. The first kappa shape index (κ1) is 10.7. The molecule has 1 N–H and O–H groups in total. The van der Waals surface area contributed by atoms with Crippen LogP contribution in [0.5, 0.6) is 0 Å². The second-order valence-corrected chi connectivity index (χ2v) is 6.39. The third-order valence-corrected chi connectivity index (χ3v) is 5.09. The molecule has 3 aromatic heterocycles. The highest BCUT2D eigenvalue weighted by molar-refractivity contribution is 7.17. The van der Waals surface area contributed by atoms with Crippen molar-refractivity contribution in [3.8, 4) is 10.6 Å². The lowest BCUT2D eigenvalue weighted by Gasteiger charge is -1.96. The van der Waals surface area contributed by atoms with Crippen molar-refractivity contribution in [2.45, 2.75) is 25.4 Å². The zero-order chi connectivity index (χ0) is 12.1. The van der Waals surface area contributed by atoms with Crippen LogP contribution in [-0.2, 0) is 6.61 Å². The predicted molar refractivity (Wildman–Crippen MR) is 72.1 cm³/mol.